The highest BCUT2D eigenvalue weighted by atomic mass is 19.1. The number of anilines is 1. The third-order valence-corrected chi connectivity index (χ3v) is 6.33. The average molecular weight is 507 g/mol. The number of nitrogens with one attached hydrogen (secondary N) is 1. The first-order valence-electron chi connectivity index (χ1n) is 12.0. The summed E-state index contributed by atoms with van der Waals surface area (Å²) in [5.41, 5.74) is 1.54. The number of aryl methyl sites for hydroxylation is 1. The van der Waals surface area contributed by atoms with Crippen molar-refractivity contribution in [2.45, 2.75) is 39.1 Å². The van der Waals surface area contributed by atoms with Crippen LogP contribution in [-0.2, 0) is 23.1 Å². The molecule has 1 aromatic carbocycles. The molecule has 0 radical (unpaired) electrons. The number of aromatic nitrogens is 3. The molecule has 9 nitrogen and oxygen atoms in total. The van der Waals surface area contributed by atoms with Gasteiger partial charge in [-0.1, -0.05) is 0 Å². The van der Waals surface area contributed by atoms with E-state index in [9.17, 15) is 14.7 Å². The number of fused-ring (bicyclic) bond motifs is 1. The van der Waals surface area contributed by atoms with Crippen LogP contribution in [0.1, 0.15) is 42.1 Å². The molecule has 37 heavy (non-hydrogen) atoms. The number of halogens is 1. The molecule has 0 aliphatic carbocycles. The first kappa shape index (κ1) is 24.7. The highest BCUT2D eigenvalue weighted by Gasteiger charge is 2.21. The Labute approximate surface area is 211 Å². The molecule has 3 aromatic heterocycles. The Hall–Kier alpha value is -4.02. The summed E-state index contributed by atoms with van der Waals surface area (Å²) >= 11 is 0. The molecule has 1 unspecified atom stereocenters. The Morgan fingerprint density at radius 2 is 2.14 bits per heavy atom. The second-order valence-electron chi connectivity index (χ2n) is 9.12. The van der Waals surface area contributed by atoms with Gasteiger partial charge in [-0.2, -0.15) is 5.10 Å². The molecule has 10 heteroatoms. The fourth-order valence-corrected chi connectivity index (χ4v) is 4.49. The fraction of sp³-hybridized carbons (Fsp3) is 0.296. The van der Waals surface area contributed by atoms with E-state index in [-0.39, 0.29) is 40.9 Å². The van der Waals surface area contributed by atoms with Gasteiger partial charge in [-0.3, -0.25) is 14.3 Å². The second kappa shape index (κ2) is 10.2. The lowest BCUT2D eigenvalue weighted by atomic mass is 10.0. The van der Waals surface area contributed by atoms with Crippen molar-refractivity contribution >= 4 is 22.9 Å². The summed E-state index contributed by atoms with van der Waals surface area (Å²) in [7, 11) is 1.73. The number of hydrogen-bond acceptors (Lipinski definition) is 6. The lowest BCUT2D eigenvalue weighted by Gasteiger charge is -2.23. The maximum absolute atomic E-state index is 15.7. The smallest absolute Gasteiger partial charge is 0.257 e. The number of hydrogen-bond donors (Lipinski definition) is 2. The van der Waals surface area contributed by atoms with Crippen LogP contribution < -0.4 is 16.1 Å². The molecule has 0 bridgehead atoms. The Morgan fingerprint density at radius 3 is 2.84 bits per heavy atom. The largest absolute Gasteiger partial charge is 0.510 e. The van der Waals surface area contributed by atoms with Gasteiger partial charge in [-0.25, -0.2) is 4.39 Å². The van der Waals surface area contributed by atoms with Crippen molar-refractivity contribution in [2.24, 2.45) is 7.05 Å². The Bertz CT molecular complexity index is 1580. The standard InChI is InChI=1S/C27H27FN4O5/c1-16(33)23-12-21(24-11-19(34)6-7-32(23)24)27(35)30-22-10-17(15-37-25-5-3-4-8-36-25)9-20(26(22)28)18-13-29-31(2)14-18/h6-7,9-14,25,33H,3-5,8,15H2,1-2H3,(H,30,35)/b23-16-. The van der Waals surface area contributed by atoms with E-state index in [1.165, 1.54) is 41.8 Å². The SMILES string of the molecule is C/C(O)=c1\cc(C(=O)Nc2cc(COC3CCCCO3)cc(-c3cnn(C)c3)c2F)c2cc(=O)ccn12. The van der Waals surface area contributed by atoms with Gasteiger partial charge in [-0.15, -0.1) is 0 Å². The number of pyridine rings is 1. The summed E-state index contributed by atoms with van der Waals surface area (Å²) in [5, 5.41) is 17.2. The molecule has 0 saturated carbocycles. The van der Waals surface area contributed by atoms with Gasteiger partial charge in [0.25, 0.3) is 5.91 Å². The van der Waals surface area contributed by atoms with Crippen LogP contribution >= 0.6 is 0 Å². The lowest BCUT2D eigenvalue weighted by Crippen LogP contribution is -2.22. The summed E-state index contributed by atoms with van der Waals surface area (Å²) in [6.07, 6.45) is 7.17. The summed E-state index contributed by atoms with van der Waals surface area (Å²) in [6, 6.07) is 7.29. The highest BCUT2D eigenvalue weighted by Crippen LogP contribution is 2.31. The minimum atomic E-state index is -0.628. The van der Waals surface area contributed by atoms with Gasteiger partial charge in [0.05, 0.1) is 34.9 Å². The van der Waals surface area contributed by atoms with Gasteiger partial charge in [0, 0.05) is 49.3 Å². The number of rotatable bonds is 6. The second-order valence-corrected chi connectivity index (χ2v) is 9.12. The van der Waals surface area contributed by atoms with Gasteiger partial charge in [0.2, 0.25) is 0 Å². The predicted molar refractivity (Wildman–Crippen MR) is 136 cm³/mol. The van der Waals surface area contributed by atoms with E-state index in [1.54, 1.807) is 30.2 Å². The zero-order valence-electron chi connectivity index (χ0n) is 20.5. The summed E-state index contributed by atoms with van der Waals surface area (Å²) in [6.45, 7) is 2.28. The monoisotopic (exact) mass is 506 g/mol. The van der Waals surface area contributed by atoms with Crippen LogP contribution in [0.15, 0.2) is 53.7 Å². The third-order valence-electron chi connectivity index (χ3n) is 6.33. The molecule has 1 fully saturated rings. The number of amides is 1. The molecule has 4 aromatic rings. The number of aliphatic hydroxyl groups excluding tert-OH is 1. The van der Waals surface area contributed by atoms with Gasteiger partial charge in [0.15, 0.2) is 17.5 Å². The summed E-state index contributed by atoms with van der Waals surface area (Å²) < 4.78 is 30.4. The molecule has 1 aliphatic rings. The maximum Gasteiger partial charge on any atom is 0.257 e. The molecule has 1 amide bonds. The van der Waals surface area contributed by atoms with Gasteiger partial charge < -0.3 is 24.3 Å². The first-order valence-corrected chi connectivity index (χ1v) is 12.0. The van der Waals surface area contributed by atoms with E-state index in [4.69, 9.17) is 9.47 Å². The van der Waals surface area contributed by atoms with Crippen LogP contribution in [-0.4, -0.2) is 38.1 Å². The summed E-state index contributed by atoms with van der Waals surface area (Å²) in [5.74, 6) is -1.28. The quantitative estimate of drug-likeness (QED) is 0.414. The molecular weight excluding hydrogens is 479 g/mol. The first-order chi connectivity index (χ1) is 17.8. The number of nitrogens with zero attached hydrogens (tertiary/aromatic N) is 3. The fourth-order valence-electron chi connectivity index (χ4n) is 4.49. The van der Waals surface area contributed by atoms with Gasteiger partial charge in [0.1, 0.15) is 5.76 Å². The molecule has 2 N–H and O–H groups in total. The van der Waals surface area contributed by atoms with Crippen molar-refractivity contribution in [2.75, 3.05) is 11.9 Å². The minimum Gasteiger partial charge on any atom is -0.510 e. The van der Waals surface area contributed by atoms with Gasteiger partial charge >= 0.3 is 0 Å². The van der Waals surface area contributed by atoms with Crippen LogP contribution in [0.25, 0.3) is 22.4 Å². The van der Waals surface area contributed by atoms with Crippen molar-refractivity contribution in [1.82, 2.24) is 14.2 Å². The minimum absolute atomic E-state index is 0.0261. The van der Waals surface area contributed by atoms with Crippen molar-refractivity contribution < 1.29 is 23.8 Å². The Kier molecular flexibility index (Phi) is 6.77. The maximum atomic E-state index is 15.7. The summed E-state index contributed by atoms with van der Waals surface area (Å²) in [4.78, 5) is 25.3. The van der Waals surface area contributed by atoms with E-state index >= 15 is 4.39 Å². The number of carbonyl (C=O) groups excluding carboxylic acids is 1. The Balaban J connectivity index is 1.52. The van der Waals surface area contributed by atoms with E-state index in [1.807, 2.05) is 0 Å². The number of ether oxygens (including phenoxy) is 2. The molecule has 4 heterocycles. The molecule has 1 aliphatic heterocycles. The van der Waals surface area contributed by atoms with Crippen molar-refractivity contribution in [3.63, 3.8) is 0 Å². The van der Waals surface area contributed by atoms with Crippen LogP contribution in [0.4, 0.5) is 10.1 Å². The van der Waals surface area contributed by atoms with E-state index in [2.05, 4.69) is 10.4 Å². The van der Waals surface area contributed by atoms with Crippen LogP contribution in [0.2, 0.25) is 0 Å². The van der Waals surface area contributed by atoms with Crippen LogP contribution in [0, 0.1) is 5.82 Å². The predicted octanol–water partition coefficient (Wildman–Crippen LogP) is 3.54. The molecule has 5 rings (SSSR count). The van der Waals surface area contributed by atoms with E-state index in [0.29, 0.717) is 28.6 Å². The number of aliphatic hydroxyl groups is 1. The van der Waals surface area contributed by atoms with E-state index < -0.39 is 11.7 Å². The average Bonchev–Trinajstić information content (AvgIpc) is 3.48. The zero-order valence-corrected chi connectivity index (χ0v) is 20.5. The van der Waals surface area contributed by atoms with Gasteiger partial charge in [-0.05, 0) is 49.9 Å². The molecule has 1 atom stereocenters. The number of carbonyl (C=O) groups is 1. The highest BCUT2D eigenvalue weighted by molar-refractivity contribution is 6.09. The lowest BCUT2D eigenvalue weighted by molar-refractivity contribution is -0.168. The van der Waals surface area contributed by atoms with Crippen LogP contribution in [0.3, 0.4) is 0 Å². The molecular formula is C27H27FN4O5. The molecule has 192 valence electrons. The molecule has 1 saturated heterocycles. The van der Waals surface area contributed by atoms with Crippen LogP contribution in [0.5, 0.6) is 0 Å². The normalized spacial score (nSPS) is 16.7. The van der Waals surface area contributed by atoms with Crippen molar-refractivity contribution in [1.29, 1.82) is 0 Å². The molecule has 0 spiro atoms. The van der Waals surface area contributed by atoms with E-state index in [0.717, 1.165) is 19.3 Å². The Morgan fingerprint density at radius 1 is 1.30 bits per heavy atom. The van der Waals surface area contributed by atoms with Crippen molar-refractivity contribution in [3.8, 4) is 11.1 Å². The van der Waals surface area contributed by atoms with Crippen molar-refractivity contribution in [3.05, 3.63) is 81.4 Å². The topological polar surface area (TPSA) is 107 Å². The third kappa shape index (κ3) is 5.11. The number of benzene rings is 1. The zero-order chi connectivity index (χ0) is 26.1.